The predicted octanol–water partition coefficient (Wildman–Crippen LogP) is 4.48. The van der Waals surface area contributed by atoms with E-state index in [0.717, 1.165) is 6.08 Å². The molecule has 0 bridgehead atoms. The molecule has 1 aliphatic heterocycles. The van der Waals surface area contributed by atoms with Crippen LogP contribution in [0.25, 0.3) is 0 Å². The summed E-state index contributed by atoms with van der Waals surface area (Å²) in [4.78, 5) is 27.1. The molecule has 1 heterocycles. The summed E-state index contributed by atoms with van der Waals surface area (Å²) in [7, 11) is -3.80. The summed E-state index contributed by atoms with van der Waals surface area (Å²) >= 11 is 0. The lowest BCUT2D eigenvalue weighted by Crippen LogP contribution is -2.52. The number of allylic oxidation sites excluding steroid dienone is 3. The Balaban J connectivity index is 2.24. The Morgan fingerprint density at radius 1 is 1.35 bits per heavy atom. The van der Waals surface area contributed by atoms with Gasteiger partial charge >= 0.3 is 6.03 Å². The van der Waals surface area contributed by atoms with Crippen LogP contribution in [0.5, 0.6) is 0 Å². The number of sulfone groups is 1. The van der Waals surface area contributed by atoms with Crippen molar-refractivity contribution in [1.29, 1.82) is 5.26 Å². The molecule has 0 aromatic heterocycles. The van der Waals surface area contributed by atoms with Gasteiger partial charge in [0.05, 0.1) is 34.9 Å². The maximum absolute atomic E-state index is 13.2. The Morgan fingerprint density at radius 3 is 2.71 bits per heavy atom. The second-order valence-corrected chi connectivity index (χ2v) is 9.84. The van der Waals surface area contributed by atoms with Gasteiger partial charge in [-0.25, -0.2) is 22.0 Å². The minimum Gasteiger partial charge on any atom is -0.326 e. The van der Waals surface area contributed by atoms with Crippen molar-refractivity contribution in [2.45, 2.75) is 38.7 Å². The summed E-state index contributed by atoms with van der Waals surface area (Å²) < 4.78 is 52.0. The number of carbonyl (C=O) groups is 2. The minimum atomic E-state index is -3.80. The fraction of sp³-hybridized carbons (Fsp3) is 0.292. The van der Waals surface area contributed by atoms with Gasteiger partial charge in [0.1, 0.15) is 0 Å². The van der Waals surface area contributed by atoms with Crippen LogP contribution < -0.4 is 10.2 Å². The first-order chi connectivity index (χ1) is 16.2. The zero-order valence-electron chi connectivity index (χ0n) is 18.4. The van der Waals surface area contributed by atoms with Crippen LogP contribution in [0.15, 0.2) is 70.8 Å². The molecule has 0 saturated heterocycles. The molecule has 0 fully saturated rings. The molecular weight excluding hydrogens is 464 g/mol. The van der Waals surface area contributed by atoms with E-state index in [4.69, 9.17) is 5.26 Å². The van der Waals surface area contributed by atoms with E-state index in [0.29, 0.717) is 5.70 Å². The second kappa shape index (κ2) is 10.1. The highest BCUT2D eigenvalue weighted by atomic mass is 32.2. The summed E-state index contributed by atoms with van der Waals surface area (Å²) in [6.45, 7) is 5.06. The third-order valence-corrected chi connectivity index (χ3v) is 7.45. The maximum Gasteiger partial charge on any atom is 0.327 e. The van der Waals surface area contributed by atoms with E-state index < -0.39 is 28.3 Å². The highest BCUT2D eigenvalue weighted by molar-refractivity contribution is 7.95. The van der Waals surface area contributed by atoms with E-state index in [-0.39, 0.29) is 58.1 Å². The number of rotatable bonds is 8. The summed E-state index contributed by atoms with van der Waals surface area (Å²) in [5.41, 5.74) is 0.524. The SMILES string of the molecule is C=C/C(=C(\C=C/CC#N)C1NC(=O)N(c2cccc(C(F)F)c2)C2=C1C(=O)CC2)S(=O)(=O)CC. The third kappa shape index (κ3) is 4.70. The van der Waals surface area contributed by atoms with Crippen molar-refractivity contribution < 1.29 is 26.8 Å². The van der Waals surface area contributed by atoms with Crippen LogP contribution in [0.1, 0.15) is 38.2 Å². The fourth-order valence-electron chi connectivity index (χ4n) is 4.05. The van der Waals surface area contributed by atoms with Crippen molar-refractivity contribution in [3.8, 4) is 6.07 Å². The van der Waals surface area contributed by atoms with Crippen molar-refractivity contribution in [2.24, 2.45) is 0 Å². The van der Waals surface area contributed by atoms with Crippen molar-refractivity contribution >= 4 is 27.3 Å². The zero-order chi connectivity index (χ0) is 25.0. The molecule has 2 aliphatic rings. The van der Waals surface area contributed by atoms with Crippen molar-refractivity contribution in [3.63, 3.8) is 0 Å². The molecule has 2 amide bonds. The monoisotopic (exact) mass is 487 g/mol. The van der Waals surface area contributed by atoms with E-state index in [1.807, 2.05) is 6.07 Å². The molecule has 1 aromatic carbocycles. The van der Waals surface area contributed by atoms with Gasteiger partial charge in [-0.15, -0.1) is 0 Å². The normalized spacial score (nSPS) is 19.3. The van der Waals surface area contributed by atoms with Crippen LogP contribution in [0, 0.1) is 11.3 Å². The number of alkyl halides is 2. The molecule has 1 aliphatic carbocycles. The Morgan fingerprint density at radius 2 is 2.09 bits per heavy atom. The van der Waals surface area contributed by atoms with Gasteiger partial charge in [-0.3, -0.25) is 9.69 Å². The van der Waals surface area contributed by atoms with Gasteiger partial charge in [0.2, 0.25) is 0 Å². The molecule has 178 valence electrons. The number of carbonyl (C=O) groups excluding carboxylic acids is 2. The number of ketones is 1. The smallest absolute Gasteiger partial charge is 0.326 e. The van der Waals surface area contributed by atoms with Crippen molar-refractivity contribution in [2.75, 3.05) is 10.7 Å². The molecule has 3 rings (SSSR count). The lowest BCUT2D eigenvalue weighted by Gasteiger charge is -2.35. The number of anilines is 1. The summed E-state index contributed by atoms with van der Waals surface area (Å²) in [6, 6.07) is 5.43. The largest absolute Gasteiger partial charge is 0.327 e. The van der Waals surface area contributed by atoms with Crippen LogP contribution in [0.2, 0.25) is 0 Å². The summed E-state index contributed by atoms with van der Waals surface area (Å²) in [5, 5.41) is 11.6. The Hall–Kier alpha value is -3.58. The number of nitriles is 1. The summed E-state index contributed by atoms with van der Waals surface area (Å²) in [6.07, 6.45) is 1.50. The van der Waals surface area contributed by atoms with Gasteiger partial charge in [-0.05, 0) is 24.1 Å². The molecule has 7 nitrogen and oxygen atoms in total. The van der Waals surface area contributed by atoms with Gasteiger partial charge in [0, 0.05) is 23.3 Å². The van der Waals surface area contributed by atoms with Gasteiger partial charge < -0.3 is 5.32 Å². The molecule has 0 saturated carbocycles. The molecule has 1 unspecified atom stereocenters. The molecule has 1 aromatic rings. The minimum absolute atomic E-state index is 0.0207. The molecule has 1 atom stereocenters. The van der Waals surface area contributed by atoms with Crippen LogP contribution in [0.4, 0.5) is 19.3 Å². The fourth-order valence-corrected chi connectivity index (χ4v) is 5.16. The standard InChI is InChI=1S/C24H23F2N3O4S/c1-3-20(34(32,33)4-2)17(10-5-6-13-27)22-21-18(11-12-19(21)30)29(24(31)28-22)16-9-7-8-15(14-16)23(25)26/h3,5,7-10,14,22-23H,1,4,6,11-12H2,2H3,(H,28,31)/b10-5-,20-17-. The van der Waals surface area contributed by atoms with Crippen LogP contribution in [-0.4, -0.2) is 32.0 Å². The summed E-state index contributed by atoms with van der Waals surface area (Å²) in [5.74, 6) is -0.532. The van der Waals surface area contributed by atoms with Gasteiger partial charge in [-0.1, -0.05) is 43.9 Å². The number of hydrogen-bond donors (Lipinski definition) is 1. The number of benzene rings is 1. The van der Waals surface area contributed by atoms with E-state index in [2.05, 4.69) is 11.9 Å². The lowest BCUT2D eigenvalue weighted by atomic mass is 9.93. The van der Waals surface area contributed by atoms with Crippen LogP contribution in [0.3, 0.4) is 0 Å². The number of hydrogen-bond acceptors (Lipinski definition) is 5. The Labute approximate surface area is 196 Å². The molecular formula is C24H23F2N3O4S. The average Bonchev–Trinajstić information content (AvgIpc) is 3.19. The molecule has 10 heteroatoms. The Bertz CT molecular complexity index is 1270. The number of nitrogens with zero attached hydrogens (tertiary/aromatic N) is 2. The highest BCUT2D eigenvalue weighted by Gasteiger charge is 2.42. The maximum atomic E-state index is 13.2. The van der Waals surface area contributed by atoms with E-state index >= 15 is 0 Å². The molecule has 0 spiro atoms. The number of nitrogens with one attached hydrogen (secondary N) is 1. The van der Waals surface area contributed by atoms with E-state index in [1.165, 1.54) is 48.2 Å². The lowest BCUT2D eigenvalue weighted by molar-refractivity contribution is -0.115. The van der Waals surface area contributed by atoms with Crippen LogP contribution in [-0.2, 0) is 14.6 Å². The second-order valence-electron chi connectivity index (χ2n) is 7.59. The van der Waals surface area contributed by atoms with E-state index in [1.54, 1.807) is 0 Å². The third-order valence-electron chi connectivity index (χ3n) is 5.61. The first kappa shape index (κ1) is 25.1. The first-order valence-electron chi connectivity index (χ1n) is 10.5. The number of halogens is 2. The van der Waals surface area contributed by atoms with Crippen molar-refractivity contribution in [3.05, 3.63) is 76.4 Å². The number of amides is 2. The first-order valence-corrected chi connectivity index (χ1v) is 12.2. The molecule has 0 radical (unpaired) electrons. The van der Waals surface area contributed by atoms with Crippen LogP contribution >= 0.6 is 0 Å². The highest BCUT2D eigenvalue weighted by Crippen LogP contribution is 2.39. The number of Topliss-reactive ketones (excluding diaryl/α,β-unsaturated/α-hetero) is 1. The zero-order valence-corrected chi connectivity index (χ0v) is 19.2. The number of urea groups is 1. The Kier molecular flexibility index (Phi) is 7.47. The average molecular weight is 488 g/mol. The molecule has 1 N–H and O–H groups in total. The van der Waals surface area contributed by atoms with Gasteiger partial charge in [0.15, 0.2) is 15.6 Å². The van der Waals surface area contributed by atoms with Crippen molar-refractivity contribution in [1.82, 2.24) is 5.32 Å². The predicted molar refractivity (Wildman–Crippen MR) is 124 cm³/mol. The van der Waals surface area contributed by atoms with E-state index in [9.17, 15) is 26.8 Å². The van der Waals surface area contributed by atoms with Gasteiger partial charge in [-0.2, -0.15) is 5.26 Å². The topological polar surface area (TPSA) is 107 Å². The quantitative estimate of drug-likeness (QED) is 0.544. The van der Waals surface area contributed by atoms with Gasteiger partial charge in [0.25, 0.3) is 6.43 Å². The molecule has 34 heavy (non-hydrogen) atoms.